The summed E-state index contributed by atoms with van der Waals surface area (Å²) in [5.74, 6) is 0.533. The molecule has 0 saturated heterocycles. The maximum atomic E-state index is 13.7. The summed E-state index contributed by atoms with van der Waals surface area (Å²) < 4.78 is 12.0. The first-order chi connectivity index (χ1) is 15.4. The number of amides is 1. The van der Waals surface area contributed by atoms with Gasteiger partial charge < -0.3 is 19.8 Å². The van der Waals surface area contributed by atoms with E-state index in [2.05, 4.69) is 49.9 Å². The molecule has 0 unspecified atom stereocenters. The Kier molecular flexibility index (Phi) is 7.28. The minimum Gasteiger partial charge on any atom is -0.496 e. The summed E-state index contributed by atoms with van der Waals surface area (Å²) in [5.41, 5.74) is 10.2. The van der Waals surface area contributed by atoms with Crippen molar-refractivity contribution in [3.05, 3.63) is 53.6 Å². The molecular formula is C25H36N4O3Si. The van der Waals surface area contributed by atoms with E-state index in [1.165, 1.54) is 6.33 Å². The first kappa shape index (κ1) is 24.9. The van der Waals surface area contributed by atoms with E-state index in [1.807, 2.05) is 24.2 Å². The monoisotopic (exact) mass is 468 g/mol. The van der Waals surface area contributed by atoms with Gasteiger partial charge in [0.2, 0.25) is 0 Å². The molecule has 1 aliphatic rings. The lowest BCUT2D eigenvalue weighted by molar-refractivity contribution is 0.0628. The number of nitrogens with two attached hydrogens (primary N) is 1. The topological polar surface area (TPSA) is 90.6 Å². The third kappa shape index (κ3) is 5.44. The molecule has 178 valence electrons. The first-order valence-corrected chi connectivity index (χ1v) is 14.2. The van der Waals surface area contributed by atoms with Crippen molar-refractivity contribution >= 4 is 25.5 Å². The number of nitrogens with zero attached hydrogens (tertiary/aromatic N) is 3. The molecule has 2 heterocycles. The van der Waals surface area contributed by atoms with Crippen LogP contribution in [0.1, 0.15) is 48.7 Å². The molecule has 1 aliphatic heterocycles. The van der Waals surface area contributed by atoms with Gasteiger partial charge in [-0.2, -0.15) is 0 Å². The molecule has 3 rings (SSSR count). The van der Waals surface area contributed by atoms with Gasteiger partial charge in [-0.05, 0) is 54.7 Å². The second-order valence-corrected chi connectivity index (χ2v) is 15.0. The third-order valence-electron chi connectivity index (χ3n) is 6.86. The molecule has 0 spiro atoms. The number of aryl methyl sites for hydroxylation is 1. The number of aromatic nitrogens is 2. The van der Waals surface area contributed by atoms with Gasteiger partial charge >= 0.3 is 0 Å². The van der Waals surface area contributed by atoms with E-state index in [0.29, 0.717) is 36.6 Å². The van der Waals surface area contributed by atoms with E-state index in [0.717, 1.165) is 16.7 Å². The Morgan fingerprint density at radius 3 is 2.52 bits per heavy atom. The Hall–Kier alpha value is -2.71. The molecule has 0 bridgehead atoms. The number of ether oxygens (including phenoxy) is 1. The molecule has 1 aromatic carbocycles. The predicted octanol–water partition coefficient (Wildman–Crippen LogP) is 4.70. The Balaban J connectivity index is 1.93. The summed E-state index contributed by atoms with van der Waals surface area (Å²) in [6, 6.07) is 3.40. The van der Waals surface area contributed by atoms with Crippen LogP contribution in [0, 0.1) is 6.92 Å². The van der Waals surface area contributed by atoms with Crippen molar-refractivity contribution in [1.29, 1.82) is 0 Å². The summed E-state index contributed by atoms with van der Waals surface area (Å²) >= 11 is 0. The molecule has 1 atom stereocenters. The van der Waals surface area contributed by atoms with Crippen molar-refractivity contribution in [1.82, 2.24) is 14.9 Å². The zero-order chi connectivity index (χ0) is 24.4. The molecule has 33 heavy (non-hydrogen) atoms. The second-order valence-electron chi connectivity index (χ2n) is 10.2. The second kappa shape index (κ2) is 9.65. The number of anilines is 1. The van der Waals surface area contributed by atoms with E-state index < -0.39 is 8.32 Å². The normalized spacial score (nSPS) is 17.0. The summed E-state index contributed by atoms with van der Waals surface area (Å²) in [6.45, 7) is 14.0. The van der Waals surface area contributed by atoms with Crippen molar-refractivity contribution in [2.45, 2.75) is 58.3 Å². The van der Waals surface area contributed by atoms with Crippen LogP contribution in [0.5, 0.6) is 5.75 Å². The molecule has 8 heteroatoms. The number of hydrogen-bond acceptors (Lipinski definition) is 6. The molecule has 1 amide bonds. The average molecular weight is 469 g/mol. The van der Waals surface area contributed by atoms with Crippen molar-refractivity contribution in [3.63, 3.8) is 0 Å². The summed E-state index contributed by atoms with van der Waals surface area (Å²) in [7, 11) is -0.396. The van der Waals surface area contributed by atoms with Crippen LogP contribution in [0.15, 0.2) is 36.9 Å². The van der Waals surface area contributed by atoms with Crippen LogP contribution in [0.2, 0.25) is 18.1 Å². The van der Waals surface area contributed by atoms with Crippen molar-refractivity contribution in [2.75, 3.05) is 26.0 Å². The van der Waals surface area contributed by atoms with E-state index in [4.69, 9.17) is 14.9 Å². The summed E-state index contributed by atoms with van der Waals surface area (Å²) in [4.78, 5) is 23.8. The van der Waals surface area contributed by atoms with E-state index in [9.17, 15) is 4.79 Å². The summed E-state index contributed by atoms with van der Waals surface area (Å²) in [5, 5.41) is 0.0806. The van der Waals surface area contributed by atoms with Gasteiger partial charge in [0, 0.05) is 30.2 Å². The number of methoxy groups -OCH3 is 1. The fraction of sp³-hybridized carbons (Fsp3) is 0.480. The molecule has 2 N–H and O–H groups in total. The SMILES string of the molecule is COc1cc(C(=O)N2CC=C(c3cncnc3)C[C@H]2CO[Si](C)(C)C(C)(C)C)c(N)cc1C. The highest BCUT2D eigenvalue weighted by Gasteiger charge is 2.39. The van der Waals surface area contributed by atoms with Crippen molar-refractivity contribution in [2.24, 2.45) is 0 Å². The van der Waals surface area contributed by atoms with Gasteiger partial charge in [0.1, 0.15) is 12.1 Å². The largest absolute Gasteiger partial charge is 0.496 e. The number of rotatable bonds is 6. The average Bonchev–Trinajstić information content (AvgIpc) is 2.77. The van der Waals surface area contributed by atoms with Gasteiger partial charge in [-0.3, -0.25) is 4.79 Å². The number of hydrogen-bond donors (Lipinski definition) is 1. The molecule has 0 radical (unpaired) electrons. The number of benzene rings is 1. The Labute approximate surface area is 198 Å². The number of carbonyl (C=O) groups is 1. The summed E-state index contributed by atoms with van der Waals surface area (Å²) in [6.07, 6.45) is 7.88. The van der Waals surface area contributed by atoms with Crippen molar-refractivity contribution < 1.29 is 14.0 Å². The third-order valence-corrected chi connectivity index (χ3v) is 11.4. The maximum absolute atomic E-state index is 13.7. The van der Waals surface area contributed by atoms with Crippen LogP contribution in [0.3, 0.4) is 0 Å². The van der Waals surface area contributed by atoms with Crippen molar-refractivity contribution in [3.8, 4) is 5.75 Å². The van der Waals surface area contributed by atoms with Gasteiger partial charge in [-0.1, -0.05) is 26.8 Å². The van der Waals surface area contributed by atoms with Crippen LogP contribution in [0.4, 0.5) is 5.69 Å². The van der Waals surface area contributed by atoms with E-state index in [1.54, 1.807) is 19.2 Å². The lowest BCUT2D eigenvalue weighted by atomic mass is 9.95. The zero-order valence-corrected chi connectivity index (χ0v) is 21.8. The minimum absolute atomic E-state index is 0.0806. The van der Waals surface area contributed by atoms with Crippen LogP contribution >= 0.6 is 0 Å². The predicted molar refractivity (Wildman–Crippen MR) is 135 cm³/mol. The van der Waals surface area contributed by atoms with Gasteiger partial charge in [-0.25, -0.2) is 9.97 Å². The van der Waals surface area contributed by atoms with Crippen LogP contribution in [-0.2, 0) is 4.43 Å². The van der Waals surface area contributed by atoms with Gasteiger partial charge in [-0.15, -0.1) is 0 Å². The lowest BCUT2D eigenvalue weighted by Crippen LogP contribution is -2.49. The molecule has 0 saturated carbocycles. The smallest absolute Gasteiger partial charge is 0.256 e. The van der Waals surface area contributed by atoms with E-state index in [-0.39, 0.29) is 17.0 Å². The number of carbonyl (C=O) groups excluding carboxylic acids is 1. The standard InChI is InChI=1S/C25H36N4O3Si/c1-17-10-22(26)21(12-23(17)31-5)24(30)29-9-8-18(19-13-27-16-28-14-19)11-20(29)15-32-33(6,7)25(2,3)4/h8,10,12-14,16,20H,9,11,15,26H2,1-7H3/t20-/m0/s1. The molecule has 0 aliphatic carbocycles. The molecule has 2 aromatic rings. The lowest BCUT2D eigenvalue weighted by Gasteiger charge is -2.41. The minimum atomic E-state index is -1.99. The van der Waals surface area contributed by atoms with Crippen LogP contribution < -0.4 is 10.5 Å². The highest BCUT2D eigenvalue weighted by Crippen LogP contribution is 2.38. The maximum Gasteiger partial charge on any atom is 0.256 e. The Morgan fingerprint density at radius 2 is 1.91 bits per heavy atom. The molecule has 0 fully saturated rings. The van der Waals surface area contributed by atoms with Crippen LogP contribution in [-0.4, -0.2) is 55.4 Å². The highest BCUT2D eigenvalue weighted by molar-refractivity contribution is 6.74. The fourth-order valence-corrected chi connectivity index (χ4v) is 4.74. The van der Waals surface area contributed by atoms with Crippen LogP contribution in [0.25, 0.3) is 5.57 Å². The highest BCUT2D eigenvalue weighted by atomic mass is 28.4. The van der Waals surface area contributed by atoms with Gasteiger partial charge in [0.25, 0.3) is 5.91 Å². The zero-order valence-electron chi connectivity index (χ0n) is 20.8. The number of nitrogen functional groups attached to an aromatic ring is 1. The first-order valence-electron chi connectivity index (χ1n) is 11.3. The molecule has 7 nitrogen and oxygen atoms in total. The molecule has 1 aromatic heterocycles. The quantitative estimate of drug-likeness (QED) is 0.488. The Bertz CT molecular complexity index is 1030. The van der Waals surface area contributed by atoms with E-state index >= 15 is 0 Å². The molecular weight excluding hydrogens is 432 g/mol. The Morgan fingerprint density at radius 1 is 1.24 bits per heavy atom. The van der Waals surface area contributed by atoms with Gasteiger partial charge in [0.15, 0.2) is 8.32 Å². The van der Waals surface area contributed by atoms with Gasteiger partial charge in [0.05, 0.1) is 25.3 Å². The fourth-order valence-electron chi connectivity index (χ4n) is 3.69.